The van der Waals surface area contributed by atoms with Crippen molar-refractivity contribution in [2.75, 3.05) is 19.4 Å². The average molecular weight is 419 g/mol. The molecule has 30 heavy (non-hydrogen) atoms. The van der Waals surface area contributed by atoms with Crippen LogP contribution in [-0.4, -0.2) is 41.7 Å². The average Bonchev–Trinajstić information content (AvgIpc) is 3.08. The monoisotopic (exact) mass is 419 g/mol. The van der Waals surface area contributed by atoms with Crippen LogP contribution in [0, 0.1) is 6.92 Å². The SMILES string of the molecule is Cc1ccc([C@H](NC2=C(Nc3cccc(C(=O)N(C)C)c3O)C(=O)C2)C(C)(F)F)o1. The van der Waals surface area contributed by atoms with Crippen LogP contribution in [0.5, 0.6) is 5.75 Å². The Balaban J connectivity index is 1.90. The fourth-order valence-corrected chi connectivity index (χ4v) is 3.09. The number of furan rings is 1. The van der Waals surface area contributed by atoms with Gasteiger partial charge in [-0.2, -0.15) is 0 Å². The Labute approximate surface area is 172 Å². The van der Waals surface area contributed by atoms with E-state index in [4.69, 9.17) is 4.42 Å². The lowest BCUT2D eigenvalue weighted by atomic mass is 9.96. The van der Waals surface area contributed by atoms with E-state index >= 15 is 0 Å². The molecule has 1 amide bonds. The summed E-state index contributed by atoms with van der Waals surface area (Å²) >= 11 is 0. The largest absolute Gasteiger partial charge is 0.505 e. The summed E-state index contributed by atoms with van der Waals surface area (Å²) < 4.78 is 33.8. The van der Waals surface area contributed by atoms with E-state index in [2.05, 4.69) is 10.6 Å². The predicted octanol–water partition coefficient (Wildman–Crippen LogP) is 3.58. The van der Waals surface area contributed by atoms with Crippen LogP contribution in [0.4, 0.5) is 14.5 Å². The molecule has 0 saturated carbocycles. The molecule has 3 N–H and O–H groups in total. The summed E-state index contributed by atoms with van der Waals surface area (Å²) in [7, 11) is 3.09. The molecule has 1 aromatic carbocycles. The summed E-state index contributed by atoms with van der Waals surface area (Å²) in [4.78, 5) is 25.6. The van der Waals surface area contributed by atoms with Crippen LogP contribution in [0.25, 0.3) is 0 Å². The summed E-state index contributed by atoms with van der Waals surface area (Å²) in [5.74, 6) is -3.68. The number of aryl methyl sites for hydroxylation is 1. The summed E-state index contributed by atoms with van der Waals surface area (Å²) in [6, 6.07) is 6.05. The van der Waals surface area contributed by atoms with Gasteiger partial charge in [-0.1, -0.05) is 6.07 Å². The number of hydrogen-bond acceptors (Lipinski definition) is 6. The van der Waals surface area contributed by atoms with Gasteiger partial charge in [-0.05, 0) is 31.2 Å². The third-order valence-corrected chi connectivity index (χ3v) is 4.72. The second-order valence-electron chi connectivity index (χ2n) is 7.46. The first-order valence-electron chi connectivity index (χ1n) is 9.26. The minimum absolute atomic E-state index is 0.0487. The topological polar surface area (TPSA) is 94.8 Å². The van der Waals surface area contributed by atoms with E-state index in [1.54, 1.807) is 33.2 Å². The number of aromatic hydroxyl groups is 1. The zero-order chi connectivity index (χ0) is 22.2. The number of benzene rings is 1. The van der Waals surface area contributed by atoms with Gasteiger partial charge in [0.25, 0.3) is 11.8 Å². The number of para-hydroxylation sites is 1. The number of carbonyl (C=O) groups excluding carboxylic acids is 2. The van der Waals surface area contributed by atoms with Crippen LogP contribution < -0.4 is 10.6 Å². The molecule has 2 aromatic rings. The normalized spacial score (nSPS) is 14.9. The van der Waals surface area contributed by atoms with Crippen molar-refractivity contribution in [2.45, 2.75) is 32.2 Å². The Morgan fingerprint density at radius 1 is 1.27 bits per heavy atom. The number of ketones is 1. The predicted molar refractivity (Wildman–Crippen MR) is 106 cm³/mol. The molecule has 0 saturated heterocycles. The number of alkyl halides is 2. The Kier molecular flexibility index (Phi) is 5.56. The van der Waals surface area contributed by atoms with Crippen molar-refractivity contribution in [3.8, 4) is 5.75 Å². The van der Waals surface area contributed by atoms with E-state index in [0.717, 1.165) is 6.92 Å². The van der Waals surface area contributed by atoms with Gasteiger partial charge in [0.1, 0.15) is 23.3 Å². The van der Waals surface area contributed by atoms with Crippen LogP contribution >= 0.6 is 0 Å². The molecule has 7 nitrogen and oxygen atoms in total. The number of phenols is 1. The van der Waals surface area contributed by atoms with Crippen molar-refractivity contribution in [2.24, 2.45) is 0 Å². The quantitative estimate of drug-likeness (QED) is 0.594. The molecule has 1 atom stereocenters. The summed E-state index contributed by atoms with van der Waals surface area (Å²) in [6.07, 6.45) is -0.0638. The Bertz CT molecular complexity index is 1020. The molecule has 9 heteroatoms. The molecule has 1 aliphatic rings. The number of anilines is 1. The molecule has 1 aliphatic carbocycles. The van der Waals surface area contributed by atoms with E-state index in [0.29, 0.717) is 5.76 Å². The highest BCUT2D eigenvalue weighted by Crippen LogP contribution is 2.37. The van der Waals surface area contributed by atoms with Gasteiger partial charge in [0, 0.05) is 26.7 Å². The van der Waals surface area contributed by atoms with E-state index < -0.39 is 17.9 Å². The molecule has 3 rings (SSSR count). The first-order chi connectivity index (χ1) is 14.0. The van der Waals surface area contributed by atoms with Crippen LogP contribution in [0.2, 0.25) is 0 Å². The zero-order valence-electron chi connectivity index (χ0n) is 17.0. The number of Topliss-reactive ketones (excluding diaryl/α,β-unsaturated/α-hetero) is 1. The van der Waals surface area contributed by atoms with Crippen molar-refractivity contribution in [1.29, 1.82) is 0 Å². The minimum Gasteiger partial charge on any atom is -0.505 e. The van der Waals surface area contributed by atoms with Gasteiger partial charge in [0.2, 0.25) is 0 Å². The maximum Gasteiger partial charge on any atom is 0.272 e. The number of halogens is 2. The lowest BCUT2D eigenvalue weighted by Crippen LogP contribution is -2.40. The van der Waals surface area contributed by atoms with Gasteiger partial charge < -0.3 is 25.1 Å². The fourth-order valence-electron chi connectivity index (χ4n) is 3.09. The Morgan fingerprint density at radius 3 is 2.50 bits per heavy atom. The molecule has 0 fully saturated rings. The third-order valence-electron chi connectivity index (χ3n) is 4.72. The van der Waals surface area contributed by atoms with E-state index in [-0.39, 0.29) is 46.4 Å². The van der Waals surface area contributed by atoms with Gasteiger partial charge in [-0.3, -0.25) is 9.59 Å². The molecule has 0 bridgehead atoms. The highest BCUT2D eigenvalue weighted by atomic mass is 19.3. The Morgan fingerprint density at radius 2 is 1.97 bits per heavy atom. The van der Waals surface area contributed by atoms with Crippen molar-refractivity contribution in [3.05, 3.63) is 58.8 Å². The van der Waals surface area contributed by atoms with Crippen LogP contribution in [0.15, 0.2) is 46.1 Å². The summed E-state index contributed by atoms with van der Waals surface area (Å²) in [5, 5.41) is 15.9. The molecular formula is C21H23F2N3O4. The van der Waals surface area contributed by atoms with Crippen LogP contribution in [0.1, 0.15) is 41.3 Å². The standard InChI is InChI=1S/C21H23F2N3O4/c1-11-8-9-16(30-11)19(21(2,22)23)25-14-10-15(27)17(14)24-13-7-5-6-12(18(13)28)20(29)26(3)4/h5-9,19,24-25,28H,10H2,1-4H3/t19-/m0/s1. The number of amides is 1. The molecule has 1 heterocycles. The Hall–Kier alpha value is -3.36. The lowest BCUT2D eigenvalue weighted by molar-refractivity contribution is -0.116. The number of rotatable bonds is 7. The first-order valence-corrected chi connectivity index (χ1v) is 9.26. The molecule has 1 aromatic heterocycles. The molecule has 160 valence electrons. The number of phenolic OH excluding ortho intramolecular Hbond substituents is 1. The molecule has 0 unspecified atom stereocenters. The van der Waals surface area contributed by atoms with Gasteiger partial charge in [-0.25, -0.2) is 8.78 Å². The molecule has 0 spiro atoms. The number of allylic oxidation sites excluding steroid dienone is 2. The van der Waals surface area contributed by atoms with Crippen molar-refractivity contribution in [3.63, 3.8) is 0 Å². The number of nitrogens with one attached hydrogen (secondary N) is 2. The highest BCUT2D eigenvalue weighted by Gasteiger charge is 2.41. The number of nitrogens with zero attached hydrogens (tertiary/aromatic N) is 1. The summed E-state index contributed by atoms with van der Waals surface area (Å²) in [5.41, 5.74) is 0.496. The zero-order valence-corrected chi connectivity index (χ0v) is 17.0. The van der Waals surface area contributed by atoms with Crippen LogP contribution in [-0.2, 0) is 4.79 Å². The number of carbonyl (C=O) groups is 2. The third kappa shape index (κ3) is 4.14. The first kappa shape index (κ1) is 21.4. The highest BCUT2D eigenvalue weighted by molar-refractivity contribution is 6.07. The molecule has 0 aliphatic heterocycles. The van der Waals surface area contributed by atoms with E-state index in [9.17, 15) is 23.5 Å². The lowest BCUT2D eigenvalue weighted by Gasteiger charge is -2.31. The molecular weight excluding hydrogens is 396 g/mol. The smallest absolute Gasteiger partial charge is 0.272 e. The van der Waals surface area contributed by atoms with Gasteiger partial charge in [0.05, 0.1) is 17.7 Å². The van der Waals surface area contributed by atoms with Crippen molar-refractivity contribution < 1.29 is 27.9 Å². The van der Waals surface area contributed by atoms with Crippen LogP contribution in [0.3, 0.4) is 0 Å². The second-order valence-corrected chi connectivity index (χ2v) is 7.46. The maximum absolute atomic E-state index is 14.2. The van der Waals surface area contributed by atoms with E-state index in [1.165, 1.54) is 23.1 Å². The summed E-state index contributed by atoms with van der Waals surface area (Å²) in [6.45, 7) is 2.41. The van der Waals surface area contributed by atoms with Crippen molar-refractivity contribution >= 4 is 17.4 Å². The van der Waals surface area contributed by atoms with Gasteiger partial charge in [-0.15, -0.1) is 0 Å². The maximum atomic E-state index is 14.2. The second kappa shape index (κ2) is 7.81. The van der Waals surface area contributed by atoms with Gasteiger partial charge in [0.15, 0.2) is 11.5 Å². The minimum atomic E-state index is -3.17. The molecule has 0 radical (unpaired) electrons. The van der Waals surface area contributed by atoms with Crippen molar-refractivity contribution in [1.82, 2.24) is 10.2 Å². The fraction of sp³-hybridized carbons (Fsp3) is 0.333. The number of hydrogen-bond donors (Lipinski definition) is 3. The van der Waals surface area contributed by atoms with Gasteiger partial charge >= 0.3 is 0 Å². The van der Waals surface area contributed by atoms with E-state index in [1.807, 2.05) is 0 Å².